The lowest BCUT2D eigenvalue weighted by Crippen LogP contribution is -2.50. The van der Waals surface area contributed by atoms with Gasteiger partial charge in [0.15, 0.2) is 0 Å². The Morgan fingerprint density at radius 2 is 1.90 bits per heavy atom. The molecular weight excluding hydrogens is 384 g/mol. The van der Waals surface area contributed by atoms with Gasteiger partial charge in [0, 0.05) is 63.8 Å². The molecule has 0 saturated carbocycles. The summed E-state index contributed by atoms with van der Waals surface area (Å²) >= 11 is 1.57. The smallest absolute Gasteiger partial charge is 0.257 e. The molecule has 0 spiro atoms. The number of rotatable bonds is 4. The molecule has 150 valence electrons. The van der Waals surface area contributed by atoms with E-state index < -0.39 is 0 Å². The minimum atomic E-state index is 0.0684. The van der Waals surface area contributed by atoms with E-state index in [1.165, 1.54) is 10.1 Å². The zero-order chi connectivity index (χ0) is 19.8. The molecule has 1 amide bonds. The number of amides is 1. The van der Waals surface area contributed by atoms with Crippen molar-refractivity contribution in [2.45, 2.75) is 13.3 Å². The standard InChI is InChI=1S/C21H24N6OS/c1-15-22-14-17-18(23-15)6-7-27(21(17)28)13-10-25-8-11-26(12-9-25)20-16-4-2-3-5-19(16)29-24-20/h2-5,14H,6-13H2,1H3. The van der Waals surface area contributed by atoms with Crippen molar-refractivity contribution in [3.8, 4) is 0 Å². The highest BCUT2D eigenvalue weighted by Gasteiger charge is 2.27. The third-order valence-corrected chi connectivity index (χ3v) is 6.66. The highest BCUT2D eigenvalue weighted by atomic mass is 32.1. The van der Waals surface area contributed by atoms with E-state index in [-0.39, 0.29) is 5.91 Å². The van der Waals surface area contributed by atoms with Crippen LogP contribution in [0.25, 0.3) is 10.1 Å². The van der Waals surface area contributed by atoms with Gasteiger partial charge in [-0.05, 0) is 30.6 Å². The van der Waals surface area contributed by atoms with Crippen LogP contribution >= 0.6 is 11.5 Å². The Kier molecular flexibility index (Phi) is 4.89. The minimum absolute atomic E-state index is 0.0684. The predicted molar refractivity (Wildman–Crippen MR) is 115 cm³/mol. The summed E-state index contributed by atoms with van der Waals surface area (Å²) in [5.41, 5.74) is 1.56. The largest absolute Gasteiger partial charge is 0.353 e. The van der Waals surface area contributed by atoms with Gasteiger partial charge in [-0.25, -0.2) is 9.97 Å². The quantitative estimate of drug-likeness (QED) is 0.660. The van der Waals surface area contributed by atoms with E-state index >= 15 is 0 Å². The molecule has 0 N–H and O–H groups in total. The Hall–Kier alpha value is -2.58. The van der Waals surface area contributed by atoms with Crippen molar-refractivity contribution < 1.29 is 4.79 Å². The summed E-state index contributed by atoms with van der Waals surface area (Å²) in [5, 5.41) is 1.25. The molecule has 0 unspecified atom stereocenters. The monoisotopic (exact) mass is 408 g/mol. The Bertz CT molecular complexity index is 1040. The second-order valence-electron chi connectivity index (χ2n) is 7.65. The second-order valence-corrected chi connectivity index (χ2v) is 8.46. The van der Waals surface area contributed by atoms with Gasteiger partial charge in [0.25, 0.3) is 5.91 Å². The van der Waals surface area contributed by atoms with Crippen LogP contribution in [0.15, 0.2) is 30.5 Å². The van der Waals surface area contributed by atoms with E-state index in [1.54, 1.807) is 17.7 Å². The van der Waals surface area contributed by atoms with Gasteiger partial charge in [-0.3, -0.25) is 9.69 Å². The maximum absolute atomic E-state index is 12.7. The Labute approximate surface area is 174 Å². The van der Waals surface area contributed by atoms with Crippen molar-refractivity contribution in [1.29, 1.82) is 0 Å². The van der Waals surface area contributed by atoms with Crippen molar-refractivity contribution in [1.82, 2.24) is 24.1 Å². The van der Waals surface area contributed by atoms with Crippen LogP contribution in [-0.4, -0.2) is 75.9 Å². The van der Waals surface area contributed by atoms with E-state index in [0.717, 1.165) is 69.6 Å². The van der Waals surface area contributed by atoms with Crippen LogP contribution in [0.5, 0.6) is 0 Å². The fraction of sp³-hybridized carbons (Fsp3) is 0.429. The van der Waals surface area contributed by atoms with Crippen molar-refractivity contribution in [3.05, 3.63) is 47.5 Å². The highest BCUT2D eigenvalue weighted by molar-refractivity contribution is 7.13. The number of carbonyl (C=O) groups excluding carboxylic acids is 1. The zero-order valence-electron chi connectivity index (χ0n) is 16.5. The third-order valence-electron chi connectivity index (χ3n) is 5.84. The predicted octanol–water partition coefficient (Wildman–Crippen LogP) is 2.22. The average molecular weight is 409 g/mol. The van der Waals surface area contributed by atoms with Crippen molar-refractivity contribution >= 4 is 33.3 Å². The fourth-order valence-corrected chi connectivity index (χ4v) is 4.95. The summed E-state index contributed by atoms with van der Waals surface area (Å²) in [5.74, 6) is 1.91. The first kappa shape index (κ1) is 18.4. The SMILES string of the molecule is Cc1ncc2c(n1)CCN(CCN1CCN(c3nsc4ccccc34)CC1)C2=O. The first-order chi connectivity index (χ1) is 14.2. The molecule has 7 nitrogen and oxygen atoms in total. The van der Waals surface area contributed by atoms with E-state index in [4.69, 9.17) is 0 Å². The number of piperazine rings is 1. The number of carbonyl (C=O) groups is 1. The van der Waals surface area contributed by atoms with Gasteiger partial charge in [0.05, 0.1) is 16.0 Å². The topological polar surface area (TPSA) is 65.5 Å². The molecule has 29 heavy (non-hydrogen) atoms. The summed E-state index contributed by atoms with van der Waals surface area (Å²) in [4.78, 5) is 28.1. The van der Waals surface area contributed by atoms with E-state index in [9.17, 15) is 4.79 Å². The average Bonchev–Trinajstić information content (AvgIpc) is 3.18. The Morgan fingerprint density at radius 3 is 2.76 bits per heavy atom. The molecule has 2 aliphatic rings. The van der Waals surface area contributed by atoms with E-state index in [0.29, 0.717) is 5.56 Å². The molecule has 2 aromatic heterocycles. The maximum atomic E-state index is 12.7. The highest BCUT2D eigenvalue weighted by Crippen LogP contribution is 2.29. The first-order valence-corrected chi connectivity index (χ1v) is 10.9. The first-order valence-electron chi connectivity index (χ1n) is 10.1. The van der Waals surface area contributed by atoms with Gasteiger partial charge < -0.3 is 9.80 Å². The number of hydrogen-bond acceptors (Lipinski definition) is 7. The molecule has 2 aliphatic heterocycles. The van der Waals surface area contributed by atoms with Gasteiger partial charge in [-0.15, -0.1) is 0 Å². The van der Waals surface area contributed by atoms with Crippen LogP contribution in [0.3, 0.4) is 0 Å². The van der Waals surface area contributed by atoms with Gasteiger partial charge >= 0.3 is 0 Å². The molecular formula is C21H24N6OS. The minimum Gasteiger partial charge on any atom is -0.353 e. The van der Waals surface area contributed by atoms with Gasteiger partial charge in [-0.1, -0.05) is 12.1 Å². The second kappa shape index (κ2) is 7.68. The van der Waals surface area contributed by atoms with Gasteiger partial charge in [0.1, 0.15) is 11.6 Å². The normalized spacial score (nSPS) is 17.8. The van der Waals surface area contributed by atoms with Crippen molar-refractivity contribution in [2.24, 2.45) is 0 Å². The van der Waals surface area contributed by atoms with Crippen LogP contribution in [0.1, 0.15) is 21.9 Å². The molecule has 1 saturated heterocycles. The van der Waals surface area contributed by atoms with Crippen LogP contribution in [0, 0.1) is 6.92 Å². The van der Waals surface area contributed by atoms with Crippen LogP contribution in [0.4, 0.5) is 5.82 Å². The summed E-state index contributed by atoms with van der Waals surface area (Å²) in [7, 11) is 0. The lowest BCUT2D eigenvalue weighted by atomic mass is 10.1. The van der Waals surface area contributed by atoms with Crippen LogP contribution in [0.2, 0.25) is 0 Å². The van der Waals surface area contributed by atoms with Crippen LogP contribution < -0.4 is 4.90 Å². The van der Waals surface area contributed by atoms with Crippen molar-refractivity contribution in [2.75, 3.05) is 50.7 Å². The number of aromatic nitrogens is 3. The number of anilines is 1. The molecule has 0 atom stereocenters. The number of fused-ring (bicyclic) bond motifs is 2. The van der Waals surface area contributed by atoms with Gasteiger partial charge in [-0.2, -0.15) is 4.37 Å². The molecule has 4 heterocycles. The Balaban J connectivity index is 1.17. The van der Waals surface area contributed by atoms with E-state index in [1.807, 2.05) is 11.8 Å². The molecule has 5 rings (SSSR count). The number of nitrogens with zero attached hydrogens (tertiary/aromatic N) is 6. The van der Waals surface area contributed by atoms with Crippen LogP contribution in [-0.2, 0) is 6.42 Å². The number of aryl methyl sites for hydroxylation is 1. The number of benzene rings is 1. The molecule has 1 aromatic carbocycles. The zero-order valence-corrected chi connectivity index (χ0v) is 17.4. The molecule has 1 fully saturated rings. The summed E-state index contributed by atoms with van der Waals surface area (Å²) in [6, 6.07) is 8.44. The molecule has 0 bridgehead atoms. The van der Waals surface area contributed by atoms with Gasteiger partial charge in [0.2, 0.25) is 0 Å². The lowest BCUT2D eigenvalue weighted by Gasteiger charge is -2.36. The molecule has 0 radical (unpaired) electrons. The molecule has 3 aromatic rings. The number of hydrogen-bond donors (Lipinski definition) is 0. The molecule has 8 heteroatoms. The third kappa shape index (κ3) is 3.58. The summed E-state index contributed by atoms with van der Waals surface area (Å²) < 4.78 is 5.93. The fourth-order valence-electron chi connectivity index (χ4n) is 4.16. The summed E-state index contributed by atoms with van der Waals surface area (Å²) in [6.07, 6.45) is 2.50. The lowest BCUT2D eigenvalue weighted by molar-refractivity contribution is 0.0714. The van der Waals surface area contributed by atoms with E-state index in [2.05, 4.69) is 48.4 Å². The summed E-state index contributed by atoms with van der Waals surface area (Å²) in [6.45, 7) is 8.19. The molecule has 0 aliphatic carbocycles. The van der Waals surface area contributed by atoms with Crippen molar-refractivity contribution in [3.63, 3.8) is 0 Å². The Morgan fingerprint density at radius 1 is 1.07 bits per heavy atom. The maximum Gasteiger partial charge on any atom is 0.257 e.